The van der Waals surface area contributed by atoms with Gasteiger partial charge in [-0.15, -0.1) is 11.8 Å². The molecule has 0 aliphatic heterocycles. The summed E-state index contributed by atoms with van der Waals surface area (Å²) in [5.74, 6) is 0. The SMILES string of the molecule is CSc1ccc2cc(CN(C)C(C)c3ccncn3)c(=O)[nH]c2c1. The van der Waals surface area contributed by atoms with Crippen molar-refractivity contribution < 1.29 is 0 Å². The average molecular weight is 340 g/mol. The number of aromatic amines is 1. The Balaban J connectivity index is 1.87. The maximum absolute atomic E-state index is 12.4. The van der Waals surface area contributed by atoms with Gasteiger partial charge in [0.1, 0.15) is 6.33 Å². The van der Waals surface area contributed by atoms with Gasteiger partial charge in [0.15, 0.2) is 0 Å². The molecule has 0 radical (unpaired) electrons. The number of hydrogen-bond donors (Lipinski definition) is 1. The maximum Gasteiger partial charge on any atom is 0.252 e. The molecule has 3 aromatic rings. The van der Waals surface area contributed by atoms with Crippen molar-refractivity contribution in [3.8, 4) is 0 Å². The van der Waals surface area contributed by atoms with Gasteiger partial charge in [-0.05, 0) is 49.9 Å². The molecular weight excluding hydrogens is 320 g/mol. The third-order valence-electron chi connectivity index (χ3n) is 4.24. The molecule has 0 saturated carbocycles. The molecule has 1 aromatic carbocycles. The van der Waals surface area contributed by atoms with Crippen LogP contribution < -0.4 is 5.56 Å². The molecule has 0 amide bonds. The lowest BCUT2D eigenvalue weighted by Gasteiger charge is -2.23. The molecule has 1 unspecified atom stereocenters. The number of hydrogen-bond acceptors (Lipinski definition) is 5. The van der Waals surface area contributed by atoms with E-state index in [2.05, 4.69) is 38.9 Å². The summed E-state index contributed by atoms with van der Waals surface area (Å²) >= 11 is 1.66. The van der Waals surface area contributed by atoms with E-state index in [1.54, 1.807) is 24.3 Å². The Morgan fingerprint density at radius 2 is 2.12 bits per heavy atom. The molecule has 1 atom stereocenters. The Bertz CT molecular complexity index is 894. The minimum Gasteiger partial charge on any atom is -0.322 e. The number of H-pyrrole nitrogens is 1. The van der Waals surface area contributed by atoms with Crippen LogP contribution in [0.3, 0.4) is 0 Å². The monoisotopic (exact) mass is 340 g/mol. The van der Waals surface area contributed by atoms with Gasteiger partial charge in [0.2, 0.25) is 0 Å². The Morgan fingerprint density at radius 3 is 2.83 bits per heavy atom. The molecule has 0 aliphatic carbocycles. The first kappa shape index (κ1) is 16.7. The minimum atomic E-state index is -0.0394. The fourth-order valence-electron chi connectivity index (χ4n) is 2.65. The smallest absolute Gasteiger partial charge is 0.252 e. The van der Waals surface area contributed by atoms with Crippen LogP contribution >= 0.6 is 11.8 Å². The Kier molecular flexibility index (Phi) is 4.97. The van der Waals surface area contributed by atoms with Crippen molar-refractivity contribution in [1.29, 1.82) is 0 Å². The number of nitrogens with zero attached hydrogens (tertiary/aromatic N) is 3. The van der Waals surface area contributed by atoms with E-state index in [1.807, 2.05) is 31.5 Å². The Labute approximate surface area is 145 Å². The van der Waals surface area contributed by atoms with E-state index in [1.165, 1.54) is 0 Å². The van der Waals surface area contributed by atoms with Crippen molar-refractivity contribution in [1.82, 2.24) is 19.9 Å². The van der Waals surface area contributed by atoms with Gasteiger partial charge in [0.05, 0.1) is 5.69 Å². The van der Waals surface area contributed by atoms with Crippen LogP contribution in [-0.2, 0) is 6.54 Å². The Morgan fingerprint density at radius 1 is 1.29 bits per heavy atom. The van der Waals surface area contributed by atoms with Crippen LogP contribution in [0.25, 0.3) is 10.9 Å². The largest absolute Gasteiger partial charge is 0.322 e. The number of nitrogens with one attached hydrogen (secondary N) is 1. The zero-order valence-corrected chi connectivity index (χ0v) is 14.8. The lowest BCUT2D eigenvalue weighted by molar-refractivity contribution is 0.247. The molecule has 0 spiro atoms. The highest BCUT2D eigenvalue weighted by atomic mass is 32.2. The molecule has 5 nitrogen and oxygen atoms in total. The van der Waals surface area contributed by atoms with Crippen molar-refractivity contribution in [3.63, 3.8) is 0 Å². The normalized spacial score (nSPS) is 12.7. The molecule has 1 N–H and O–H groups in total. The maximum atomic E-state index is 12.4. The third-order valence-corrected chi connectivity index (χ3v) is 4.97. The van der Waals surface area contributed by atoms with Crippen LogP contribution in [-0.4, -0.2) is 33.2 Å². The fourth-order valence-corrected chi connectivity index (χ4v) is 3.09. The van der Waals surface area contributed by atoms with E-state index in [0.29, 0.717) is 6.54 Å². The van der Waals surface area contributed by atoms with Crippen LogP contribution in [0, 0.1) is 0 Å². The highest BCUT2D eigenvalue weighted by Crippen LogP contribution is 2.22. The molecule has 24 heavy (non-hydrogen) atoms. The highest BCUT2D eigenvalue weighted by molar-refractivity contribution is 7.98. The zero-order valence-electron chi connectivity index (χ0n) is 14.0. The minimum absolute atomic E-state index is 0.0394. The molecule has 2 aromatic heterocycles. The highest BCUT2D eigenvalue weighted by Gasteiger charge is 2.15. The van der Waals surface area contributed by atoms with E-state index >= 15 is 0 Å². The predicted octanol–water partition coefficient (Wildman–Crippen LogP) is 3.23. The second-order valence-electron chi connectivity index (χ2n) is 5.80. The van der Waals surface area contributed by atoms with E-state index in [9.17, 15) is 4.79 Å². The molecular formula is C18H20N4OS. The summed E-state index contributed by atoms with van der Waals surface area (Å²) in [4.78, 5) is 26.9. The van der Waals surface area contributed by atoms with Gasteiger partial charge >= 0.3 is 0 Å². The molecule has 6 heteroatoms. The quantitative estimate of drug-likeness (QED) is 0.723. The number of benzene rings is 1. The number of rotatable bonds is 5. The lowest BCUT2D eigenvalue weighted by atomic mass is 10.1. The van der Waals surface area contributed by atoms with Crippen molar-refractivity contribution >= 4 is 22.7 Å². The summed E-state index contributed by atoms with van der Waals surface area (Å²) in [6, 6.07) is 10.1. The summed E-state index contributed by atoms with van der Waals surface area (Å²) in [6.45, 7) is 2.63. The number of thioether (sulfide) groups is 1. The van der Waals surface area contributed by atoms with Gasteiger partial charge in [-0.2, -0.15) is 0 Å². The summed E-state index contributed by atoms with van der Waals surface area (Å²) < 4.78 is 0. The van der Waals surface area contributed by atoms with Crippen molar-refractivity contribution in [2.45, 2.75) is 24.4 Å². The number of fused-ring (bicyclic) bond motifs is 1. The van der Waals surface area contributed by atoms with Gasteiger partial charge < -0.3 is 4.98 Å². The summed E-state index contributed by atoms with van der Waals surface area (Å²) in [6.07, 6.45) is 5.31. The first-order valence-corrected chi connectivity index (χ1v) is 8.97. The second kappa shape index (κ2) is 7.15. The van der Waals surface area contributed by atoms with Crippen LogP contribution in [0.5, 0.6) is 0 Å². The van der Waals surface area contributed by atoms with E-state index in [-0.39, 0.29) is 11.6 Å². The number of aromatic nitrogens is 3. The molecule has 124 valence electrons. The number of pyridine rings is 1. The van der Waals surface area contributed by atoms with Crippen LogP contribution in [0.4, 0.5) is 0 Å². The summed E-state index contributed by atoms with van der Waals surface area (Å²) in [7, 11) is 1.99. The third kappa shape index (κ3) is 3.49. The standard InChI is InChI=1S/C18H20N4OS/c1-12(16-6-7-19-11-20-16)22(2)10-14-8-13-4-5-15(24-3)9-17(13)21-18(14)23/h4-9,11-12H,10H2,1-3H3,(H,21,23). The lowest BCUT2D eigenvalue weighted by Crippen LogP contribution is -2.26. The summed E-state index contributed by atoms with van der Waals surface area (Å²) in [5, 5.41) is 1.05. The Hall–Kier alpha value is -2.18. The molecule has 3 rings (SSSR count). The van der Waals surface area contributed by atoms with Crippen molar-refractivity contribution in [2.75, 3.05) is 13.3 Å². The summed E-state index contributed by atoms with van der Waals surface area (Å²) in [5.41, 5.74) is 2.53. The first-order valence-electron chi connectivity index (χ1n) is 7.74. The molecule has 0 fully saturated rings. The van der Waals surface area contributed by atoms with Crippen LogP contribution in [0.15, 0.2) is 52.5 Å². The molecule has 0 bridgehead atoms. The van der Waals surface area contributed by atoms with E-state index in [4.69, 9.17) is 0 Å². The van der Waals surface area contributed by atoms with Gasteiger partial charge in [0.25, 0.3) is 5.56 Å². The first-order chi connectivity index (χ1) is 11.6. The van der Waals surface area contributed by atoms with Crippen LogP contribution in [0.1, 0.15) is 24.2 Å². The predicted molar refractivity (Wildman–Crippen MR) is 98.3 cm³/mol. The fraction of sp³-hybridized carbons (Fsp3) is 0.278. The van der Waals surface area contributed by atoms with E-state index < -0.39 is 0 Å². The molecule has 2 heterocycles. The molecule has 0 saturated heterocycles. The van der Waals surface area contributed by atoms with Gasteiger partial charge in [-0.3, -0.25) is 9.69 Å². The average Bonchev–Trinajstić information content (AvgIpc) is 2.62. The molecule has 0 aliphatic rings. The topological polar surface area (TPSA) is 61.9 Å². The van der Waals surface area contributed by atoms with Crippen molar-refractivity contribution in [2.24, 2.45) is 0 Å². The van der Waals surface area contributed by atoms with Crippen LogP contribution in [0.2, 0.25) is 0 Å². The van der Waals surface area contributed by atoms with Gasteiger partial charge in [-0.25, -0.2) is 9.97 Å². The zero-order chi connectivity index (χ0) is 17.1. The van der Waals surface area contributed by atoms with Gasteiger partial charge in [-0.1, -0.05) is 6.07 Å². The van der Waals surface area contributed by atoms with Crippen molar-refractivity contribution in [3.05, 3.63) is 64.5 Å². The van der Waals surface area contributed by atoms with E-state index in [0.717, 1.165) is 27.1 Å². The second-order valence-corrected chi connectivity index (χ2v) is 6.68. The van der Waals surface area contributed by atoms with Gasteiger partial charge in [0, 0.05) is 34.8 Å².